The fourth-order valence-electron chi connectivity index (χ4n) is 1.95. The van der Waals surface area contributed by atoms with Crippen molar-refractivity contribution in [2.24, 2.45) is 0 Å². The van der Waals surface area contributed by atoms with Gasteiger partial charge in [-0.1, -0.05) is 6.07 Å². The summed E-state index contributed by atoms with van der Waals surface area (Å²) in [4.78, 5) is 4.14. The highest BCUT2D eigenvalue weighted by molar-refractivity contribution is 5.35. The molecule has 1 N–H and O–H groups in total. The molecule has 2 aromatic rings. The molecule has 0 radical (unpaired) electrons. The molecule has 2 heterocycles. The van der Waals surface area contributed by atoms with Crippen molar-refractivity contribution in [3.05, 3.63) is 48.3 Å². The highest BCUT2D eigenvalue weighted by Gasteiger charge is 2.22. The first-order chi connectivity index (χ1) is 7.84. The number of nitrogens with one attached hydrogen (secondary N) is 1. The maximum absolute atomic E-state index is 13.1. The zero-order valence-electron chi connectivity index (χ0n) is 8.73. The molecule has 82 valence electrons. The molecule has 1 aliphatic rings. The third-order valence-electron chi connectivity index (χ3n) is 2.95. The lowest BCUT2D eigenvalue weighted by Crippen LogP contribution is -2.40. The van der Waals surface area contributed by atoms with Gasteiger partial charge in [-0.15, -0.1) is 0 Å². The lowest BCUT2D eigenvalue weighted by atomic mass is 10.00. The van der Waals surface area contributed by atoms with E-state index in [1.54, 1.807) is 12.4 Å². The Hall–Kier alpha value is -1.68. The van der Waals surface area contributed by atoms with E-state index in [-0.39, 0.29) is 5.82 Å². The van der Waals surface area contributed by atoms with Crippen LogP contribution in [-0.4, -0.2) is 22.6 Å². The minimum absolute atomic E-state index is 0.219. The normalized spacial score (nSPS) is 16.1. The second kappa shape index (κ2) is 3.72. The van der Waals surface area contributed by atoms with Crippen LogP contribution in [0.4, 0.5) is 4.39 Å². The quantitative estimate of drug-likeness (QED) is 0.829. The lowest BCUT2D eigenvalue weighted by Gasteiger charge is -2.27. The van der Waals surface area contributed by atoms with Gasteiger partial charge in [0.2, 0.25) is 0 Å². The first-order valence-corrected chi connectivity index (χ1v) is 5.33. The van der Waals surface area contributed by atoms with Crippen molar-refractivity contribution in [1.82, 2.24) is 14.9 Å². The zero-order valence-corrected chi connectivity index (χ0v) is 8.73. The van der Waals surface area contributed by atoms with Crippen molar-refractivity contribution >= 4 is 0 Å². The maximum atomic E-state index is 13.1. The topological polar surface area (TPSA) is 29.9 Å². The Kier molecular flexibility index (Phi) is 2.22. The molecule has 1 fully saturated rings. The fraction of sp³-hybridized carbons (Fsp3) is 0.250. The number of halogens is 1. The minimum atomic E-state index is -0.219. The Morgan fingerprint density at radius 2 is 2.25 bits per heavy atom. The van der Waals surface area contributed by atoms with E-state index in [0.717, 1.165) is 24.5 Å². The van der Waals surface area contributed by atoms with Gasteiger partial charge in [-0.3, -0.25) is 0 Å². The molecule has 0 aliphatic carbocycles. The van der Waals surface area contributed by atoms with Crippen LogP contribution in [0.1, 0.15) is 11.6 Å². The SMILES string of the molecule is Fc1cccc(-n2cncc2C2CNC2)c1. The molecule has 16 heavy (non-hydrogen) atoms. The largest absolute Gasteiger partial charge is 0.315 e. The Bertz CT molecular complexity index is 502. The van der Waals surface area contributed by atoms with Crippen LogP contribution in [0.3, 0.4) is 0 Å². The van der Waals surface area contributed by atoms with E-state index < -0.39 is 0 Å². The third kappa shape index (κ3) is 1.51. The van der Waals surface area contributed by atoms with Crippen molar-refractivity contribution in [2.75, 3.05) is 13.1 Å². The first kappa shape index (κ1) is 9.54. The van der Waals surface area contributed by atoms with E-state index >= 15 is 0 Å². The molecule has 1 aromatic carbocycles. The highest BCUT2D eigenvalue weighted by Crippen LogP contribution is 2.22. The average molecular weight is 217 g/mol. The number of rotatable bonds is 2. The van der Waals surface area contributed by atoms with Crippen LogP contribution in [0, 0.1) is 5.82 Å². The van der Waals surface area contributed by atoms with Crippen LogP contribution in [0.15, 0.2) is 36.8 Å². The number of benzene rings is 1. The molecule has 1 aliphatic heterocycles. The predicted octanol–water partition coefficient (Wildman–Crippen LogP) is 1.70. The molecular formula is C12H12FN3. The van der Waals surface area contributed by atoms with Crippen LogP contribution in [-0.2, 0) is 0 Å². The molecule has 0 unspecified atom stereocenters. The first-order valence-electron chi connectivity index (χ1n) is 5.33. The summed E-state index contributed by atoms with van der Waals surface area (Å²) in [5, 5.41) is 3.22. The molecule has 3 rings (SSSR count). The van der Waals surface area contributed by atoms with E-state index in [9.17, 15) is 4.39 Å². The molecule has 1 aromatic heterocycles. The predicted molar refractivity (Wildman–Crippen MR) is 59.1 cm³/mol. The van der Waals surface area contributed by atoms with Crippen molar-refractivity contribution < 1.29 is 4.39 Å². The molecule has 0 spiro atoms. The summed E-state index contributed by atoms with van der Waals surface area (Å²) in [5.41, 5.74) is 1.98. The summed E-state index contributed by atoms with van der Waals surface area (Å²) < 4.78 is 15.1. The van der Waals surface area contributed by atoms with Gasteiger partial charge in [-0.05, 0) is 18.2 Å². The molecule has 4 heteroatoms. The number of aromatic nitrogens is 2. The van der Waals surface area contributed by atoms with Gasteiger partial charge in [-0.25, -0.2) is 9.37 Å². The van der Waals surface area contributed by atoms with E-state index in [4.69, 9.17) is 0 Å². The second-order valence-corrected chi connectivity index (χ2v) is 4.02. The van der Waals surface area contributed by atoms with Crippen LogP contribution >= 0.6 is 0 Å². The van der Waals surface area contributed by atoms with Gasteiger partial charge in [0, 0.05) is 36.6 Å². The van der Waals surface area contributed by atoms with Crippen molar-refractivity contribution in [2.45, 2.75) is 5.92 Å². The molecule has 1 saturated heterocycles. The Morgan fingerprint density at radius 1 is 1.38 bits per heavy atom. The van der Waals surface area contributed by atoms with E-state index in [1.807, 2.05) is 16.8 Å². The lowest BCUT2D eigenvalue weighted by molar-refractivity contribution is 0.435. The highest BCUT2D eigenvalue weighted by atomic mass is 19.1. The summed E-state index contributed by atoms with van der Waals surface area (Å²) >= 11 is 0. The van der Waals surface area contributed by atoms with Crippen LogP contribution in [0.2, 0.25) is 0 Å². The van der Waals surface area contributed by atoms with Crippen molar-refractivity contribution in [3.8, 4) is 5.69 Å². The summed E-state index contributed by atoms with van der Waals surface area (Å²) in [5.74, 6) is 0.273. The Balaban J connectivity index is 2.02. The molecule has 0 saturated carbocycles. The fourth-order valence-corrected chi connectivity index (χ4v) is 1.95. The second-order valence-electron chi connectivity index (χ2n) is 4.02. The average Bonchev–Trinajstić information content (AvgIpc) is 2.64. The van der Waals surface area contributed by atoms with Gasteiger partial charge >= 0.3 is 0 Å². The number of imidazole rings is 1. The van der Waals surface area contributed by atoms with E-state index in [1.165, 1.54) is 12.1 Å². The van der Waals surface area contributed by atoms with Crippen LogP contribution < -0.4 is 5.32 Å². The van der Waals surface area contributed by atoms with Crippen molar-refractivity contribution in [1.29, 1.82) is 0 Å². The summed E-state index contributed by atoms with van der Waals surface area (Å²) in [6.45, 7) is 1.95. The summed E-state index contributed by atoms with van der Waals surface area (Å²) in [6.07, 6.45) is 3.60. The third-order valence-corrected chi connectivity index (χ3v) is 2.95. The van der Waals surface area contributed by atoms with Crippen LogP contribution in [0.25, 0.3) is 5.69 Å². The summed E-state index contributed by atoms with van der Waals surface area (Å²) in [6, 6.07) is 6.58. The Labute approximate surface area is 92.9 Å². The zero-order chi connectivity index (χ0) is 11.0. The standard InChI is InChI=1S/C12H12FN3/c13-10-2-1-3-11(4-10)16-8-15-7-12(16)9-5-14-6-9/h1-4,7-9,14H,5-6H2. The number of hydrogen-bond donors (Lipinski definition) is 1. The van der Waals surface area contributed by atoms with Gasteiger partial charge in [0.1, 0.15) is 5.82 Å². The molecular weight excluding hydrogens is 205 g/mol. The van der Waals surface area contributed by atoms with Crippen molar-refractivity contribution in [3.63, 3.8) is 0 Å². The maximum Gasteiger partial charge on any atom is 0.125 e. The minimum Gasteiger partial charge on any atom is -0.315 e. The molecule has 0 atom stereocenters. The van der Waals surface area contributed by atoms with Gasteiger partial charge in [0.15, 0.2) is 0 Å². The number of hydrogen-bond acceptors (Lipinski definition) is 2. The smallest absolute Gasteiger partial charge is 0.125 e. The number of nitrogens with zero attached hydrogens (tertiary/aromatic N) is 2. The van der Waals surface area contributed by atoms with E-state index in [0.29, 0.717) is 5.92 Å². The van der Waals surface area contributed by atoms with Crippen LogP contribution in [0.5, 0.6) is 0 Å². The monoisotopic (exact) mass is 217 g/mol. The molecule has 3 nitrogen and oxygen atoms in total. The van der Waals surface area contributed by atoms with Gasteiger partial charge in [0.05, 0.1) is 6.33 Å². The van der Waals surface area contributed by atoms with Gasteiger partial charge in [0.25, 0.3) is 0 Å². The summed E-state index contributed by atoms with van der Waals surface area (Å²) in [7, 11) is 0. The molecule has 0 amide bonds. The van der Waals surface area contributed by atoms with Gasteiger partial charge in [-0.2, -0.15) is 0 Å². The molecule has 0 bridgehead atoms. The van der Waals surface area contributed by atoms with E-state index in [2.05, 4.69) is 10.3 Å². The van der Waals surface area contributed by atoms with Gasteiger partial charge < -0.3 is 9.88 Å². The Morgan fingerprint density at radius 3 is 2.94 bits per heavy atom.